The van der Waals surface area contributed by atoms with Crippen LogP contribution in [0.4, 0.5) is 5.69 Å². The van der Waals surface area contributed by atoms with Crippen molar-refractivity contribution in [2.45, 2.75) is 25.4 Å². The quantitative estimate of drug-likeness (QED) is 0.912. The summed E-state index contributed by atoms with van der Waals surface area (Å²) in [5, 5.41) is 2.94. The summed E-state index contributed by atoms with van der Waals surface area (Å²) in [6.45, 7) is 8.22. The van der Waals surface area contributed by atoms with Gasteiger partial charge >= 0.3 is 0 Å². The van der Waals surface area contributed by atoms with E-state index in [9.17, 15) is 4.79 Å². The first-order chi connectivity index (χ1) is 11.5. The van der Waals surface area contributed by atoms with Crippen molar-refractivity contribution in [1.82, 2.24) is 0 Å². The zero-order valence-electron chi connectivity index (χ0n) is 14.0. The summed E-state index contributed by atoms with van der Waals surface area (Å²) in [6, 6.07) is 11.7. The zero-order valence-corrected chi connectivity index (χ0v) is 14.0. The summed E-state index contributed by atoms with van der Waals surface area (Å²) in [5.74, 6) is 0.867. The van der Waals surface area contributed by atoms with Crippen LogP contribution in [0.5, 0.6) is 11.5 Å². The van der Waals surface area contributed by atoms with Gasteiger partial charge in [-0.2, -0.15) is 0 Å². The molecule has 2 atom stereocenters. The molecule has 2 aliphatic heterocycles. The molecule has 4 rings (SSSR count). The van der Waals surface area contributed by atoms with Crippen LogP contribution in [0.25, 0.3) is 5.57 Å². The van der Waals surface area contributed by atoms with Crippen LogP contribution in [0.1, 0.15) is 29.5 Å². The third-order valence-electron chi connectivity index (χ3n) is 5.03. The van der Waals surface area contributed by atoms with Crippen LogP contribution < -0.4 is 14.8 Å². The van der Waals surface area contributed by atoms with Gasteiger partial charge in [0, 0.05) is 11.1 Å². The molecule has 1 N–H and O–H groups in total. The van der Waals surface area contributed by atoms with Crippen molar-refractivity contribution in [3.8, 4) is 11.5 Å². The highest BCUT2D eigenvalue weighted by Gasteiger charge is 2.52. The summed E-state index contributed by atoms with van der Waals surface area (Å²) in [4.78, 5) is 12.8. The maximum Gasteiger partial charge on any atom is 0.236 e. The van der Waals surface area contributed by atoms with E-state index in [0.29, 0.717) is 5.75 Å². The van der Waals surface area contributed by atoms with Crippen LogP contribution in [0, 0.1) is 6.92 Å². The fourth-order valence-corrected chi connectivity index (χ4v) is 3.74. The van der Waals surface area contributed by atoms with Gasteiger partial charge in [-0.3, -0.25) is 4.79 Å². The monoisotopic (exact) mass is 321 g/mol. The molecule has 4 nitrogen and oxygen atoms in total. The number of carbonyl (C=O) groups excluding carboxylic acids is 1. The van der Waals surface area contributed by atoms with E-state index in [-0.39, 0.29) is 5.91 Å². The molecule has 0 aromatic heterocycles. The van der Waals surface area contributed by atoms with Crippen LogP contribution in [0.2, 0.25) is 0 Å². The Morgan fingerprint density at radius 3 is 2.83 bits per heavy atom. The van der Waals surface area contributed by atoms with Crippen molar-refractivity contribution >= 4 is 17.2 Å². The number of nitrogens with one attached hydrogen (secondary N) is 1. The summed E-state index contributed by atoms with van der Waals surface area (Å²) >= 11 is 0. The third-order valence-corrected chi connectivity index (χ3v) is 5.03. The molecule has 0 aliphatic carbocycles. The number of ether oxygens (including phenoxy) is 2. The van der Waals surface area contributed by atoms with Crippen LogP contribution in [-0.2, 0) is 4.79 Å². The average Bonchev–Trinajstić information content (AvgIpc) is 3.03. The van der Waals surface area contributed by atoms with Gasteiger partial charge in [-0.25, -0.2) is 0 Å². The highest BCUT2D eigenvalue weighted by atomic mass is 16.5. The minimum Gasteiger partial charge on any atom is -0.495 e. The Morgan fingerprint density at radius 2 is 2.08 bits per heavy atom. The van der Waals surface area contributed by atoms with Gasteiger partial charge in [0.1, 0.15) is 23.0 Å². The lowest BCUT2D eigenvalue weighted by Crippen LogP contribution is -2.40. The standard InChI is InChI=1S/C20H19NO3/c1-11-8-9-15-14(10-11)12(2)20(3,24-15)17-13-6-5-7-16(23-4)18(13)21-19(17)22/h5-10,17H,2H2,1,3-4H3,(H,21,22)/t17-,20+/m1/s1. The molecule has 4 heteroatoms. The molecule has 2 aromatic carbocycles. The van der Waals surface area contributed by atoms with Gasteiger partial charge in [0.05, 0.1) is 12.8 Å². The maximum absolute atomic E-state index is 12.8. The third kappa shape index (κ3) is 1.83. The predicted molar refractivity (Wildman–Crippen MR) is 93.6 cm³/mol. The van der Waals surface area contributed by atoms with Gasteiger partial charge in [0.25, 0.3) is 0 Å². The van der Waals surface area contributed by atoms with E-state index < -0.39 is 11.5 Å². The van der Waals surface area contributed by atoms with E-state index in [0.717, 1.165) is 33.7 Å². The van der Waals surface area contributed by atoms with Crippen LogP contribution in [0.15, 0.2) is 43.0 Å². The number of hydrogen-bond donors (Lipinski definition) is 1. The van der Waals surface area contributed by atoms with Crippen molar-refractivity contribution in [3.05, 3.63) is 59.7 Å². The highest BCUT2D eigenvalue weighted by molar-refractivity contribution is 6.07. The molecular weight excluding hydrogens is 302 g/mol. The smallest absolute Gasteiger partial charge is 0.236 e. The Balaban J connectivity index is 1.84. The van der Waals surface area contributed by atoms with Crippen molar-refractivity contribution in [2.75, 3.05) is 12.4 Å². The van der Waals surface area contributed by atoms with Gasteiger partial charge in [0.2, 0.25) is 5.91 Å². The lowest BCUT2D eigenvalue weighted by molar-refractivity contribution is -0.119. The van der Waals surface area contributed by atoms with Gasteiger partial charge in [0.15, 0.2) is 0 Å². The Hall–Kier alpha value is -2.75. The van der Waals surface area contributed by atoms with Crippen molar-refractivity contribution in [3.63, 3.8) is 0 Å². The molecule has 2 aromatic rings. The lowest BCUT2D eigenvalue weighted by atomic mass is 9.78. The number of fused-ring (bicyclic) bond motifs is 2. The molecule has 0 bridgehead atoms. The summed E-state index contributed by atoms with van der Waals surface area (Å²) < 4.78 is 11.6. The second kappa shape index (κ2) is 4.87. The number of amides is 1. The number of para-hydroxylation sites is 1. The summed E-state index contributed by atoms with van der Waals surface area (Å²) in [7, 11) is 1.60. The van der Waals surface area contributed by atoms with E-state index in [4.69, 9.17) is 9.47 Å². The van der Waals surface area contributed by atoms with E-state index >= 15 is 0 Å². The van der Waals surface area contributed by atoms with E-state index in [1.54, 1.807) is 7.11 Å². The summed E-state index contributed by atoms with van der Waals surface area (Å²) in [5.41, 5.74) is 3.73. The molecule has 0 unspecified atom stereocenters. The van der Waals surface area contributed by atoms with Gasteiger partial charge < -0.3 is 14.8 Å². The first-order valence-electron chi connectivity index (χ1n) is 7.93. The van der Waals surface area contributed by atoms with Gasteiger partial charge in [-0.05, 0) is 37.6 Å². The Labute approximate surface area is 141 Å². The second-order valence-corrected chi connectivity index (χ2v) is 6.53. The number of hydrogen-bond acceptors (Lipinski definition) is 3. The number of rotatable bonds is 2. The van der Waals surface area contributed by atoms with Crippen molar-refractivity contribution < 1.29 is 14.3 Å². The first kappa shape index (κ1) is 14.8. The molecule has 24 heavy (non-hydrogen) atoms. The molecule has 2 heterocycles. The molecule has 0 spiro atoms. The van der Waals surface area contributed by atoms with E-state index in [1.165, 1.54) is 0 Å². The molecule has 1 amide bonds. The van der Waals surface area contributed by atoms with E-state index in [2.05, 4.69) is 18.0 Å². The van der Waals surface area contributed by atoms with Crippen LogP contribution >= 0.6 is 0 Å². The number of aryl methyl sites for hydroxylation is 1. The van der Waals surface area contributed by atoms with Crippen LogP contribution in [0.3, 0.4) is 0 Å². The Bertz CT molecular complexity index is 886. The van der Waals surface area contributed by atoms with Crippen molar-refractivity contribution in [1.29, 1.82) is 0 Å². The average molecular weight is 321 g/mol. The lowest BCUT2D eigenvalue weighted by Gasteiger charge is -2.30. The number of benzene rings is 2. The second-order valence-electron chi connectivity index (χ2n) is 6.53. The minimum atomic E-state index is -0.822. The fourth-order valence-electron chi connectivity index (χ4n) is 3.74. The van der Waals surface area contributed by atoms with Gasteiger partial charge in [-0.15, -0.1) is 0 Å². The largest absolute Gasteiger partial charge is 0.495 e. The predicted octanol–water partition coefficient (Wildman–Crippen LogP) is 3.90. The van der Waals surface area contributed by atoms with Crippen molar-refractivity contribution in [2.24, 2.45) is 0 Å². The molecule has 122 valence electrons. The first-order valence-corrected chi connectivity index (χ1v) is 7.93. The molecule has 0 saturated heterocycles. The molecular formula is C20H19NO3. The number of anilines is 1. The highest BCUT2D eigenvalue weighted by Crippen LogP contribution is 2.54. The van der Waals surface area contributed by atoms with E-state index in [1.807, 2.05) is 44.2 Å². The SMILES string of the molecule is C=C1c2cc(C)ccc2O[C@]1(C)[C@H]1C(=O)Nc2c(OC)cccc21. The fraction of sp³-hybridized carbons (Fsp3) is 0.250. The topological polar surface area (TPSA) is 47.6 Å². The number of carbonyl (C=O) groups is 1. The van der Waals surface area contributed by atoms with Gasteiger partial charge in [-0.1, -0.05) is 30.3 Å². The zero-order chi connectivity index (χ0) is 17.1. The Morgan fingerprint density at radius 1 is 1.29 bits per heavy atom. The molecule has 2 aliphatic rings. The summed E-state index contributed by atoms with van der Waals surface area (Å²) in [6.07, 6.45) is 0. The number of methoxy groups -OCH3 is 1. The normalized spacial score (nSPS) is 24.2. The molecule has 0 fully saturated rings. The molecule has 0 radical (unpaired) electrons. The van der Waals surface area contributed by atoms with Crippen LogP contribution in [-0.4, -0.2) is 18.6 Å². The minimum absolute atomic E-state index is 0.0947. The Kier molecular flexibility index (Phi) is 3.01. The molecule has 0 saturated carbocycles. The maximum atomic E-state index is 12.8.